The summed E-state index contributed by atoms with van der Waals surface area (Å²) in [5.41, 5.74) is 6.37. The Balaban J connectivity index is 0.00000480. The molecule has 31 heavy (non-hydrogen) atoms. The van der Waals surface area contributed by atoms with E-state index in [9.17, 15) is 9.18 Å². The van der Waals surface area contributed by atoms with E-state index in [1.807, 2.05) is 31.2 Å². The van der Waals surface area contributed by atoms with Crippen LogP contribution in [0.15, 0.2) is 53.5 Å². The van der Waals surface area contributed by atoms with Gasteiger partial charge in [0.25, 0.3) is 0 Å². The van der Waals surface area contributed by atoms with Crippen molar-refractivity contribution in [3.63, 3.8) is 0 Å². The molecule has 0 saturated carbocycles. The number of nitrogens with two attached hydrogens (primary N) is 1. The second-order valence-corrected chi connectivity index (χ2v) is 6.87. The van der Waals surface area contributed by atoms with Crippen molar-refractivity contribution < 1.29 is 18.7 Å². The highest BCUT2D eigenvalue weighted by atomic mass is 127. The molecule has 0 saturated heterocycles. The molecule has 0 aromatic heterocycles. The van der Waals surface area contributed by atoms with Gasteiger partial charge in [0.05, 0.1) is 19.6 Å². The molecule has 4 N–H and O–H groups in total. The highest BCUT2D eigenvalue weighted by Gasteiger charge is 2.17. The molecule has 0 spiro atoms. The van der Waals surface area contributed by atoms with Crippen molar-refractivity contribution in [1.29, 1.82) is 0 Å². The van der Waals surface area contributed by atoms with Crippen molar-refractivity contribution in [2.24, 2.45) is 16.6 Å². The van der Waals surface area contributed by atoms with Gasteiger partial charge >= 0.3 is 0 Å². The number of nitrogens with zero attached hydrogens (tertiary/aromatic N) is 1. The zero-order chi connectivity index (χ0) is 21.9. The molecule has 170 valence electrons. The number of halogens is 2. The number of aliphatic imine (C=N–C) groups is 1. The van der Waals surface area contributed by atoms with Crippen molar-refractivity contribution in [2.45, 2.75) is 19.4 Å². The monoisotopic (exact) mass is 544 g/mol. The number of guanidine groups is 1. The lowest BCUT2D eigenvalue weighted by atomic mass is 9.98. The van der Waals surface area contributed by atoms with Crippen LogP contribution in [0.5, 0.6) is 11.5 Å². The summed E-state index contributed by atoms with van der Waals surface area (Å²) in [5.74, 6) is 0.753. The van der Waals surface area contributed by atoms with Gasteiger partial charge in [-0.15, -0.1) is 24.0 Å². The third-order valence-electron chi connectivity index (χ3n) is 4.47. The molecule has 0 aliphatic carbocycles. The predicted molar refractivity (Wildman–Crippen MR) is 131 cm³/mol. The van der Waals surface area contributed by atoms with E-state index >= 15 is 0 Å². The molecule has 0 heterocycles. The zero-order valence-electron chi connectivity index (χ0n) is 17.9. The summed E-state index contributed by atoms with van der Waals surface area (Å²) in [4.78, 5) is 16.0. The quantitative estimate of drug-likeness (QED) is 0.243. The third-order valence-corrected chi connectivity index (χ3v) is 4.47. The number of benzene rings is 2. The minimum atomic E-state index is -0.459. The van der Waals surface area contributed by atoms with Crippen molar-refractivity contribution in [3.05, 3.63) is 59.9 Å². The lowest BCUT2D eigenvalue weighted by Gasteiger charge is -2.20. The highest BCUT2D eigenvalue weighted by Crippen LogP contribution is 2.19. The molecule has 2 unspecified atom stereocenters. The summed E-state index contributed by atoms with van der Waals surface area (Å²) >= 11 is 0. The van der Waals surface area contributed by atoms with Gasteiger partial charge < -0.3 is 25.8 Å². The van der Waals surface area contributed by atoms with Gasteiger partial charge in [-0.3, -0.25) is 9.79 Å². The van der Waals surface area contributed by atoms with E-state index in [-0.39, 0.29) is 35.9 Å². The molecule has 0 aliphatic heterocycles. The smallest absolute Gasteiger partial charge is 0.222 e. The molecule has 2 aromatic carbocycles. The summed E-state index contributed by atoms with van der Waals surface area (Å²) in [6, 6.07) is 13.4. The first-order valence-electron chi connectivity index (χ1n) is 9.70. The first-order valence-corrected chi connectivity index (χ1v) is 9.70. The molecule has 0 fully saturated rings. The fourth-order valence-electron chi connectivity index (χ4n) is 2.81. The van der Waals surface area contributed by atoms with Crippen molar-refractivity contribution in [1.82, 2.24) is 10.6 Å². The van der Waals surface area contributed by atoms with Gasteiger partial charge in [-0.05, 0) is 43.2 Å². The number of hydrogen-bond donors (Lipinski definition) is 3. The fraction of sp³-hybridized carbons (Fsp3) is 0.364. The van der Waals surface area contributed by atoms with Crippen LogP contribution >= 0.6 is 24.0 Å². The highest BCUT2D eigenvalue weighted by molar-refractivity contribution is 14.0. The Morgan fingerprint density at radius 1 is 1.13 bits per heavy atom. The van der Waals surface area contributed by atoms with Gasteiger partial charge in [0.2, 0.25) is 5.91 Å². The van der Waals surface area contributed by atoms with Crippen molar-refractivity contribution >= 4 is 35.8 Å². The van der Waals surface area contributed by atoms with Crippen molar-refractivity contribution in [2.75, 3.05) is 27.2 Å². The van der Waals surface area contributed by atoms with Crippen LogP contribution < -0.4 is 25.8 Å². The van der Waals surface area contributed by atoms with Crippen LogP contribution in [-0.2, 0) is 11.2 Å². The summed E-state index contributed by atoms with van der Waals surface area (Å²) in [6.45, 7) is 2.73. The van der Waals surface area contributed by atoms with Crippen LogP contribution in [0.4, 0.5) is 4.39 Å². The first kappa shape index (κ1) is 26.5. The maximum Gasteiger partial charge on any atom is 0.222 e. The number of methoxy groups -OCH3 is 1. The lowest BCUT2D eigenvalue weighted by Crippen LogP contribution is -2.45. The van der Waals surface area contributed by atoms with E-state index in [0.29, 0.717) is 31.2 Å². The summed E-state index contributed by atoms with van der Waals surface area (Å²) in [7, 11) is 3.25. The topological polar surface area (TPSA) is 98.0 Å². The van der Waals surface area contributed by atoms with Gasteiger partial charge in [0.1, 0.15) is 23.4 Å². The Kier molecular flexibility index (Phi) is 11.7. The Bertz CT molecular complexity index is 849. The molecular formula is C22H30FIN4O3. The Hall–Kier alpha value is -2.56. The molecule has 7 nitrogen and oxygen atoms in total. The maximum atomic E-state index is 13.1. The Morgan fingerprint density at radius 2 is 1.77 bits per heavy atom. The summed E-state index contributed by atoms with van der Waals surface area (Å²) < 4.78 is 24.1. The third kappa shape index (κ3) is 9.41. The standard InChI is InChI=1S/C22H29FN4O3.HI/c1-15(30-20-6-4-5-19(12-20)29-3)13-26-22(25-2)27-14-17(21(24)28)11-16-7-9-18(23)10-8-16;/h4-10,12,15,17H,11,13-14H2,1-3H3,(H2,24,28)(H2,25,26,27);1H. The normalized spacial score (nSPS) is 12.8. The molecule has 0 aliphatic rings. The number of amides is 1. The van der Waals surface area contributed by atoms with Crippen LogP contribution in [0.25, 0.3) is 0 Å². The predicted octanol–water partition coefficient (Wildman–Crippen LogP) is 2.73. The van der Waals surface area contributed by atoms with Crippen LogP contribution in [-0.4, -0.2) is 45.2 Å². The molecular weight excluding hydrogens is 514 g/mol. The molecule has 9 heteroatoms. The number of ether oxygens (including phenoxy) is 2. The second kappa shape index (κ2) is 13.7. The fourth-order valence-corrected chi connectivity index (χ4v) is 2.81. The van der Waals surface area contributed by atoms with Crippen LogP contribution in [0, 0.1) is 11.7 Å². The lowest BCUT2D eigenvalue weighted by molar-refractivity contribution is -0.121. The summed E-state index contributed by atoms with van der Waals surface area (Å²) in [6.07, 6.45) is 0.274. The van der Waals surface area contributed by atoms with Gasteiger partial charge in [0.15, 0.2) is 5.96 Å². The number of nitrogens with one attached hydrogen (secondary N) is 2. The van der Waals surface area contributed by atoms with E-state index in [1.54, 1.807) is 26.3 Å². The van der Waals surface area contributed by atoms with Gasteiger partial charge in [-0.25, -0.2) is 4.39 Å². The average molecular weight is 544 g/mol. The second-order valence-electron chi connectivity index (χ2n) is 6.87. The number of hydrogen-bond acceptors (Lipinski definition) is 4. The SMILES string of the molecule is CN=C(NCC(C)Oc1cccc(OC)c1)NCC(Cc1ccc(F)cc1)C(N)=O.I. The van der Waals surface area contributed by atoms with E-state index in [4.69, 9.17) is 15.2 Å². The number of primary amides is 1. The van der Waals surface area contributed by atoms with Crippen LogP contribution in [0.1, 0.15) is 12.5 Å². The molecule has 1 amide bonds. The van der Waals surface area contributed by atoms with E-state index < -0.39 is 11.8 Å². The number of rotatable bonds is 10. The average Bonchev–Trinajstić information content (AvgIpc) is 2.74. The minimum Gasteiger partial charge on any atom is -0.497 e. The molecule has 0 bridgehead atoms. The van der Waals surface area contributed by atoms with Gasteiger partial charge in [0, 0.05) is 19.7 Å². The molecule has 2 atom stereocenters. The summed E-state index contributed by atoms with van der Waals surface area (Å²) in [5, 5.41) is 6.27. The van der Waals surface area contributed by atoms with Crippen molar-refractivity contribution in [3.8, 4) is 11.5 Å². The number of carbonyl (C=O) groups excluding carboxylic acids is 1. The van der Waals surface area contributed by atoms with Gasteiger partial charge in [-0.2, -0.15) is 0 Å². The van der Waals surface area contributed by atoms with Gasteiger partial charge in [-0.1, -0.05) is 18.2 Å². The first-order chi connectivity index (χ1) is 14.4. The maximum absolute atomic E-state index is 13.1. The van der Waals surface area contributed by atoms with E-state index in [1.165, 1.54) is 12.1 Å². The molecule has 0 radical (unpaired) electrons. The van der Waals surface area contributed by atoms with E-state index in [2.05, 4.69) is 15.6 Å². The molecule has 2 rings (SSSR count). The van der Waals surface area contributed by atoms with Crippen LogP contribution in [0.3, 0.4) is 0 Å². The largest absolute Gasteiger partial charge is 0.497 e. The van der Waals surface area contributed by atoms with Crippen LogP contribution in [0.2, 0.25) is 0 Å². The number of carbonyl (C=O) groups is 1. The molecule has 2 aromatic rings. The Labute approximate surface area is 199 Å². The Morgan fingerprint density at radius 3 is 2.39 bits per heavy atom. The minimum absolute atomic E-state index is 0. The zero-order valence-corrected chi connectivity index (χ0v) is 20.3. The van der Waals surface area contributed by atoms with E-state index in [0.717, 1.165) is 11.3 Å².